The molecular weight excluding hydrogens is 451 g/mol. The van der Waals surface area contributed by atoms with Gasteiger partial charge >= 0.3 is 6.36 Å². The second-order valence-corrected chi connectivity index (χ2v) is 8.17. The van der Waals surface area contributed by atoms with Gasteiger partial charge in [-0.1, -0.05) is 29.4 Å². The number of hydrogen-bond donors (Lipinski definition) is 2. The molecule has 0 saturated carbocycles. The van der Waals surface area contributed by atoms with E-state index >= 15 is 0 Å². The first-order valence-corrected chi connectivity index (χ1v) is 10.2. The first-order valence-electron chi connectivity index (χ1n) is 10.2. The second-order valence-electron chi connectivity index (χ2n) is 8.17. The van der Waals surface area contributed by atoms with Crippen molar-refractivity contribution in [3.05, 3.63) is 87.8 Å². The third-order valence-electron chi connectivity index (χ3n) is 5.03. The standard InChI is InChI=1S/C24H20F3N3O4/c1-23(2,32)18-5-3-4-14(11-18)10-16-12-17(13-28-21(16)31)22-29-20(30-34-22)15-6-8-19(9-7-15)33-24(25,26)27/h3-9,11-13,32H,10H2,1-2H3,(H,28,31). The summed E-state index contributed by atoms with van der Waals surface area (Å²) in [5, 5.41) is 14.1. The van der Waals surface area contributed by atoms with Gasteiger partial charge in [0.05, 0.1) is 11.2 Å². The summed E-state index contributed by atoms with van der Waals surface area (Å²) in [6, 6.07) is 14.0. The maximum absolute atomic E-state index is 12.4. The molecule has 0 aliphatic heterocycles. The van der Waals surface area contributed by atoms with Crippen molar-refractivity contribution < 1.29 is 27.5 Å². The van der Waals surface area contributed by atoms with Gasteiger partial charge in [0, 0.05) is 23.7 Å². The molecular formula is C24H20F3N3O4. The van der Waals surface area contributed by atoms with Crippen molar-refractivity contribution in [3.63, 3.8) is 0 Å². The zero-order chi connectivity index (χ0) is 24.5. The van der Waals surface area contributed by atoms with Crippen LogP contribution >= 0.6 is 0 Å². The van der Waals surface area contributed by atoms with Crippen LogP contribution in [-0.2, 0) is 12.0 Å². The van der Waals surface area contributed by atoms with Gasteiger partial charge in [0.15, 0.2) is 0 Å². The molecule has 4 aromatic rings. The second kappa shape index (κ2) is 8.79. The number of rotatable bonds is 6. The number of aliphatic hydroxyl groups is 1. The van der Waals surface area contributed by atoms with E-state index in [-0.39, 0.29) is 23.0 Å². The molecule has 0 aliphatic rings. The lowest BCUT2D eigenvalue weighted by Crippen LogP contribution is -2.16. The van der Waals surface area contributed by atoms with Gasteiger partial charge in [-0.3, -0.25) is 4.79 Å². The number of nitrogens with zero attached hydrogens (tertiary/aromatic N) is 2. The normalized spacial score (nSPS) is 12.1. The molecule has 0 fully saturated rings. The number of aromatic amines is 1. The van der Waals surface area contributed by atoms with Crippen molar-refractivity contribution in [2.45, 2.75) is 32.2 Å². The molecule has 0 bridgehead atoms. The third-order valence-corrected chi connectivity index (χ3v) is 5.03. The van der Waals surface area contributed by atoms with Crippen molar-refractivity contribution in [1.82, 2.24) is 15.1 Å². The SMILES string of the molecule is CC(C)(O)c1cccc(Cc2cc(-c3nc(-c4ccc(OC(F)(F)F)cc4)no3)c[nH]c2=O)c1. The van der Waals surface area contributed by atoms with E-state index in [4.69, 9.17) is 4.52 Å². The predicted molar refractivity (Wildman–Crippen MR) is 117 cm³/mol. The van der Waals surface area contributed by atoms with Gasteiger partial charge in [-0.05, 0) is 55.3 Å². The molecule has 2 aromatic carbocycles. The molecule has 0 saturated heterocycles. The first kappa shape index (κ1) is 23.2. The lowest BCUT2D eigenvalue weighted by molar-refractivity contribution is -0.274. The Labute approximate surface area is 191 Å². The first-order chi connectivity index (χ1) is 16.0. The molecule has 7 nitrogen and oxygen atoms in total. The van der Waals surface area contributed by atoms with E-state index in [9.17, 15) is 23.1 Å². The molecule has 2 N–H and O–H groups in total. The number of nitrogens with one attached hydrogen (secondary N) is 1. The maximum atomic E-state index is 12.4. The van der Waals surface area contributed by atoms with Crippen LogP contribution in [0.15, 0.2) is 70.1 Å². The fourth-order valence-electron chi connectivity index (χ4n) is 3.33. The minimum Gasteiger partial charge on any atom is -0.406 e. The van der Waals surface area contributed by atoms with Crippen LogP contribution < -0.4 is 10.3 Å². The van der Waals surface area contributed by atoms with Gasteiger partial charge in [-0.25, -0.2) is 0 Å². The Kier molecular flexibility index (Phi) is 6.01. The Morgan fingerprint density at radius 3 is 2.47 bits per heavy atom. The van der Waals surface area contributed by atoms with Gasteiger partial charge < -0.3 is 19.4 Å². The number of pyridine rings is 1. The summed E-state index contributed by atoms with van der Waals surface area (Å²) in [4.78, 5) is 19.3. The molecule has 2 heterocycles. The summed E-state index contributed by atoms with van der Waals surface area (Å²) in [5.74, 6) is -0.0635. The summed E-state index contributed by atoms with van der Waals surface area (Å²) in [7, 11) is 0. The maximum Gasteiger partial charge on any atom is 0.573 e. The quantitative estimate of drug-likeness (QED) is 0.419. The van der Waals surface area contributed by atoms with E-state index in [0.717, 1.165) is 23.3 Å². The lowest BCUT2D eigenvalue weighted by Gasteiger charge is -2.18. The molecule has 34 heavy (non-hydrogen) atoms. The van der Waals surface area contributed by atoms with Crippen LogP contribution in [-0.4, -0.2) is 26.6 Å². The summed E-state index contributed by atoms with van der Waals surface area (Å²) in [5.41, 5.74) is 1.64. The highest BCUT2D eigenvalue weighted by atomic mass is 19.4. The number of ether oxygens (including phenoxy) is 1. The van der Waals surface area contributed by atoms with Gasteiger partial charge in [0.1, 0.15) is 5.75 Å². The molecule has 0 unspecified atom stereocenters. The van der Waals surface area contributed by atoms with E-state index in [2.05, 4.69) is 19.9 Å². The van der Waals surface area contributed by atoms with Crippen molar-refractivity contribution in [2.24, 2.45) is 0 Å². The third kappa shape index (κ3) is 5.52. The minimum absolute atomic E-state index is 0.133. The van der Waals surface area contributed by atoms with E-state index in [1.807, 2.05) is 24.3 Å². The van der Waals surface area contributed by atoms with Crippen LogP contribution in [0.1, 0.15) is 30.5 Å². The summed E-state index contributed by atoms with van der Waals surface area (Å²) in [6.45, 7) is 3.37. The molecule has 0 amide bonds. The van der Waals surface area contributed by atoms with Crippen LogP contribution in [0.5, 0.6) is 5.75 Å². The van der Waals surface area contributed by atoms with Gasteiger partial charge in [-0.15, -0.1) is 13.2 Å². The zero-order valence-corrected chi connectivity index (χ0v) is 18.2. The van der Waals surface area contributed by atoms with Crippen molar-refractivity contribution >= 4 is 0 Å². The Hall–Kier alpha value is -3.92. The Morgan fingerprint density at radius 1 is 1.06 bits per heavy atom. The fourth-order valence-corrected chi connectivity index (χ4v) is 3.33. The van der Waals surface area contributed by atoms with Crippen LogP contribution in [0.25, 0.3) is 22.8 Å². The lowest BCUT2D eigenvalue weighted by atomic mass is 9.94. The van der Waals surface area contributed by atoms with Crippen LogP contribution in [0, 0.1) is 0 Å². The monoisotopic (exact) mass is 471 g/mol. The topological polar surface area (TPSA) is 101 Å². The van der Waals surface area contributed by atoms with Gasteiger partial charge in [0.25, 0.3) is 11.4 Å². The largest absolute Gasteiger partial charge is 0.573 e. The molecule has 0 spiro atoms. The molecule has 10 heteroatoms. The summed E-state index contributed by atoms with van der Waals surface area (Å²) in [6.07, 6.45) is -3.02. The van der Waals surface area contributed by atoms with E-state index in [0.29, 0.717) is 23.1 Å². The molecule has 0 radical (unpaired) electrons. The Bertz CT molecular complexity index is 1350. The average molecular weight is 471 g/mol. The van der Waals surface area contributed by atoms with Crippen LogP contribution in [0.2, 0.25) is 0 Å². The van der Waals surface area contributed by atoms with E-state index < -0.39 is 12.0 Å². The van der Waals surface area contributed by atoms with Crippen LogP contribution in [0.3, 0.4) is 0 Å². The Morgan fingerprint density at radius 2 is 1.79 bits per heavy atom. The summed E-state index contributed by atoms with van der Waals surface area (Å²) >= 11 is 0. The average Bonchev–Trinajstić information content (AvgIpc) is 3.25. The van der Waals surface area contributed by atoms with Crippen LogP contribution in [0.4, 0.5) is 13.2 Å². The number of alkyl halides is 3. The Balaban J connectivity index is 1.57. The molecule has 176 valence electrons. The molecule has 0 atom stereocenters. The zero-order valence-electron chi connectivity index (χ0n) is 18.2. The fraction of sp³-hybridized carbons (Fsp3) is 0.208. The molecule has 4 rings (SSSR count). The van der Waals surface area contributed by atoms with Crippen molar-refractivity contribution in [3.8, 4) is 28.6 Å². The minimum atomic E-state index is -4.78. The highest BCUT2D eigenvalue weighted by Crippen LogP contribution is 2.27. The van der Waals surface area contributed by atoms with Gasteiger partial charge in [-0.2, -0.15) is 4.98 Å². The highest BCUT2D eigenvalue weighted by Gasteiger charge is 2.31. The van der Waals surface area contributed by atoms with Crippen molar-refractivity contribution in [2.75, 3.05) is 0 Å². The smallest absolute Gasteiger partial charge is 0.406 e. The summed E-state index contributed by atoms with van der Waals surface area (Å²) < 4.78 is 46.1. The number of halogens is 3. The van der Waals surface area contributed by atoms with Gasteiger partial charge in [0.2, 0.25) is 5.82 Å². The molecule has 0 aliphatic carbocycles. The number of H-pyrrole nitrogens is 1. The number of hydrogen-bond acceptors (Lipinski definition) is 6. The van der Waals surface area contributed by atoms with E-state index in [1.165, 1.54) is 18.3 Å². The van der Waals surface area contributed by atoms with E-state index in [1.54, 1.807) is 19.9 Å². The predicted octanol–water partition coefficient (Wildman–Crippen LogP) is 4.81. The van der Waals surface area contributed by atoms with Crippen molar-refractivity contribution in [1.29, 1.82) is 0 Å². The highest BCUT2D eigenvalue weighted by molar-refractivity contribution is 5.60. The number of aromatic nitrogens is 3. The molecule has 2 aromatic heterocycles. The number of benzene rings is 2.